The molecule has 0 saturated heterocycles. The first-order valence-electron chi connectivity index (χ1n) is 6.12. The van der Waals surface area contributed by atoms with E-state index in [1.807, 2.05) is 0 Å². The lowest BCUT2D eigenvalue weighted by atomic mass is 10.2. The van der Waals surface area contributed by atoms with Crippen LogP contribution in [0.2, 0.25) is 0 Å². The van der Waals surface area contributed by atoms with Crippen LogP contribution < -0.4 is 5.32 Å². The van der Waals surface area contributed by atoms with E-state index in [0.29, 0.717) is 5.75 Å². The van der Waals surface area contributed by atoms with Crippen molar-refractivity contribution in [1.82, 2.24) is 5.32 Å². The fourth-order valence-corrected chi connectivity index (χ4v) is 2.58. The van der Waals surface area contributed by atoms with Gasteiger partial charge in [0.15, 0.2) is 0 Å². The Bertz CT molecular complexity index is 413. The number of carbonyl (C=O) groups excluding carboxylic acids is 1. The Morgan fingerprint density at radius 1 is 1.41 bits per heavy atom. The second-order valence-corrected chi connectivity index (χ2v) is 5.82. The highest BCUT2D eigenvalue weighted by molar-refractivity contribution is 8.00. The van der Waals surface area contributed by atoms with E-state index < -0.39 is 0 Å². The van der Waals surface area contributed by atoms with Crippen LogP contribution in [0.4, 0.5) is 0 Å². The number of nitrogens with one attached hydrogen (secondary N) is 1. The third-order valence-corrected chi connectivity index (χ3v) is 4.15. The molecule has 1 aliphatic rings. The molecule has 0 atom stereocenters. The van der Waals surface area contributed by atoms with Gasteiger partial charge in [-0.15, -0.1) is 11.8 Å². The summed E-state index contributed by atoms with van der Waals surface area (Å²) < 4.78 is 0. The van der Waals surface area contributed by atoms with Gasteiger partial charge in [-0.2, -0.15) is 0 Å². The summed E-state index contributed by atoms with van der Waals surface area (Å²) in [5, 5.41) is 2.99. The molecule has 1 saturated carbocycles. The standard InChI is InChI=1S/C14H19NOS/c1-10-3-6-13(11(2)7-10)17-9-14(16)15-8-12-4-5-12/h3,6-7,12H,4-5,8-9H2,1-2H3,(H,15,16). The normalized spacial score (nSPS) is 14.7. The summed E-state index contributed by atoms with van der Waals surface area (Å²) in [4.78, 5) is 12.8. The van der Waals surface area contributed by atoms with Gasteiger partial charge in [0.25, 0.3) is 0 Å². The topological polar surface area (TPSA) is 29.1 Å². The number of hydrogen-bond donors (Lipinski definition) is 1. The molecule has 2 rings (SSSR count). The number of amides is 1. The predicted molar refractivity (Wildman–Crippen MR) is 72.4 cm³/mol. The number of thioether (sulfide) groups is 1. The molecule has 0 spiro atoms. The third kappa shape index (κ3) is 4.08. The van der Waals surface area contributed by atoms with Crippen LogP contribution in [-0.2, 0) is 4.79 Å². The molecule has 0 bridgehead atoms. The molecular formula is C14H19NOS. The first kappa shape index (κ1) is 12.5. The average molecular weight is 249 g/mol. The zero-order valence-corrected chi connectivity index (χ0v) is 11.3. The minimum absolute atomic E-state index is 0.155. The minimum atomic E-state index is 0.155. The predicted octanol–water partition coefficient (Wildman–Crippen LogP) is 2.92. The number of benzene rings is 1. The van der Waals surface area contributed by atoms with Crippen molar-refractivity contribution >= 4 is 17.7 Å². The summed E-state index contributed by atoms with van der Waals surface area (Å²) >= 11 is 1.62. The SMILES string of the molecule is Cc1ccc(SCC(=O)NCC2CC2)c(C)c1. The maximum absolute atomic E-state index is 11.6. The van der Waals surface area contributed by atoms with Crippen molar-refractivity contribution in [2.24, 2.45) is 5.92 Å². The van der Waals surface area contributed by atoms with Crippen LogP contribution in [-0.4, -0.2) is 18.2 Å². The van der Waals surface area contributed by atoms with Crippen molar-refractivity contribution in [2.45, 2.75) is 31.6 Å². The summed E-state index contributed by atoms with van der Waals surface area (Å²) in [5.41, 5.74) is 2.52. The lowest BCUT2D eigenvalue weighted by Gasteiger charge is -2.07. The maximum atomic E-state index is 11.6. The van der Waals surface area contributed by atoms with Crippen molar-refractivity contribution in [1.29, 1.82) is 0 Å². The van der Waals surface area contributed by atoms with E-state index in [0.717, 1.165) is 12.5 Å². The summed E-state index contributed by atoms with van der Waals surface area (Å²) in [7, 11) is 0. The molecular weight excluding hydrogens is 230 g/mol. The van der Waals surface area contributed by atoms with Gasteiger partial charge in [0.1, 0.15) is 0 Å². The lowest BCUT2D eigenvalue weighted by Crippen LogP contribution is -2.27. The van der Waals surface area contributed by atoms with E-state index in [-0.39, 0.29) is 5.91 Å². The van der Waals surface area contributed by atoms with Crippen molar-refractivity contribution < 1.29 is 4.79 Å². The monoisotopic (exact) mass is 249 g/mol. The smallest absolute Gasteiger partial charge is 0.230 e. The van der Waals surface area contributed by atoms with Gasteiger partial charge in [-0.05, 0) is 44.2 Å². The molecule has 92 valence electrons. The second kappa shape index (κ2) is 5.58. The van der Waals surface area contributed by atoms with E-state index in [9.17, 15) is 4.79 Å². The van der Waals surface area contributed by atoms with Gasteiger partial charge in [0, 0.05) is 11.4 Å². The number of carbonyl (C=O) groups is 1. The molecule has 0 aromatic heterocycles. The molecule has 2 nitrogen and oxygen atoms in total. The lowest BCUT2D eigenvalue weighted by molar-refractivity contribution is -0.118. The van der Waals surface area contributed by atoms with E-state index in [4.69, 9.17) is 0 Å². The molecule has 0 unspecified atom stereocenters. The fourth-order valence-electron chi connectivity index (χ4n) is 1.74. The van der Waals surface area contributed by atoms with Gasteiger partial charge in [-0.3, -0.25) is 4.79 Å². The number of hydrogen-bond acceptors (Lipinski definition) is 2. The van der Waals surface area contributed by atoms with Crippen molar-refractivity contribution in [3.05, 3.63) is 29.3 Å². The molecule has 1 fully saturated rings. The Morgan fingerprint density at radius 2 is 2.18 bits per heavy atom. The number of aryl methyl sites for hydroxylation is 2. The van der Waals surface area contributed by atoms with Crippen molar-refractivity contribution in [3.8, 4) is 0 Å². The van der Waals surface area contributed by atoms with Crippen LogP contribution in [0.5, 0.6) is 0 Å². The van der Waals surface area contributed by atoms with Gasteiger partial charge < -0.3 is 5.32 Å². The molecule has 17 heavy (non-hydrogen) atoms. The van der Waals surface area contributed by atoms with Crippen LogP contribution in [0.15, 0.2) is 23.1 Å². The van der Waals surface area contributed by atoms with Gasteiger partial charge in [-0.1, -0.05) is 17.7 Å². The zero-order valence-electron chi connectivity index (χ0n) is 10.5. The Kier molecular flexibility index (Phi) is 4.11. The van der Waals surface area contributed by atoms with Crippen molar-refractivity contribution in [2.75, 3.05) is 12.3 Å². The summed E-state index contributed by atoms with van der Waals surface area (Å²) in [6, 6.07) is 6.35. The van der Waals surface area contributed by atoms with E-state index in [1.165, 1.54) is 28.9 Å². The van der Waals surface area contributed by atoms with Gasteiger partial charge >= 0.3 is 0 Å². The Hall–Kier alpha value is -0.960. The molecule has 1 aromatic carbocycles. The van der Waals surface area contributed by atoms with E-state index in [2.05, 4.69) is 37.4 Å². The largest absolute Gasteiger partial charge is 0.355 e. The fraction of sp³-hybridized carbons (Fsp3) is 0.500. The van der Waals surface area contributed by atoms with Crippen LogP contribution in [0.1, 0.15) is 24.0 Å². The van der Waals surface area contributed by atoms with Gasteiger partial charge in [0.2, 0.25) is 5.91 Å². The molecule has 0 radical (unpaired) electrons. The first-order chi connectivity index (χ1) is 8.15. The van der Waals surface area contributed by atoms with Gasteiger partial charge in [-0.25, -0.2) is 0 Å². The minimum Gasteiger partial charge on any atom is -0.355 e. The average Bonchev–Trinajstić information content (AvgIpc) is 3.09. The quantitative estimate of drug-likeness (QED) is 0.813. The highest BCUT2D eigenvalue weighted by Gasteiger charge is 2.21. The zero-order chi connectivity index (χ0) is 12.3. The van der Waals surface area contributed by atoms with Crippen LogP contribution in [0, 0.1) is 19.8 Å². The van der Waals surface area contributed by atoms with Crippen LogP contribution in [0.25, 0.3) is 0 Å². The van der Waals surface area contributed by atoms with E-state index in [1.54, 1.807) is 11.8 Å². The number of rotatable bonds is 5. The Balaban J connectivity index is 1.77. The van der Waals surface area contributed by atoms with E-state index >= 15 is 0 Å². The van der Waals surface area contributed by atoms with Crippen LogP contribution in [0.3, 0.4) is 0 Å². The van der Waals surface area contributed by atoms with Crippen LogP contribution >= 0.6 is 11.8 Å². The first-order valence-corrected chi connectivity index (χ1v) is 7.10. The van der Waals surface area contributed by atoms with Gasteiger partial charge in [0.05, 0.1) is 5.75 Å². The summed E-state index contributed by atoms with van der Waals surface area (Å²) in [6.45, 7) is 5.05. The Morgan fingerprint density at radius 3 is 2.82 bits per heavy atom. The molecule has 1 aliphatic carbocycles. The third-order valence-electron chi connectivity index (χ3n) is 2.97. The highest BCUT2D eigenvalue weighted by atomic mass is 32.2. The molecule has 3 heteroatoms. The molecule has 1 amide bonds. The molecule has 1 aromatic rings. The molecule has 1 N–H and O–H groups in total. The highest BCUT2D eigenvalue weighted by Crippen LogP contribution is 2.27. The Labute approximate surface area is 107 Å². The summed E-state index contributed by atoms with van der Waals surface area (Å²) in [6.07, 6.45) is 2.56. The van der Waals surface area contributed by atoms with Crippen molar-refractivity contribution in [3.63, 3.8) is 0 Å². The maximum Gasteiger partial charge on any atom is 0.230 e. The summed E-state index contributed by atoms with van der Waals surface area (Å²) in [5.74, 6) is 1.43. The molecule has 0 heterocycles. The second-order valence-electron chi connectivity index (χ2n) is 4.81. The molecule has 0 aliphatic heterocycles.